The number of carbonyl (C=O) groups excluding carboxylic acids is 1. The molecule has 1 aromatic heterocycles. The van der Waals surface area contributed by atoms with Crippen molar-refractivity contribution in [1.29, 1.82) is 0 Å². The summed E-state index contributed by atoms with van der Waals surface area (Å²) in [6.07, 6.45) is 2.07. The average Bonchev–Trinajstić information content (AvgIpc) is 2.89. The number of nitrogens with one attached hydrogen (secondary N) is 1. The van der Waals surface area contributed by atoms with Gasteiger partial charge in [-0.05, 0) is 40.9 Å². The maximum Gasteiger partial charge on any atom is 0.241 e. The zero-order valence-corrected chi connectivity index (χ0v) is 15.9. The maximum atomic E-state index is 12.7. The third-order valence-corrected chi connectivity index (χ3v) is 6.74. The van der Waals surface area contributed by atoms with Crippen LogP contribution in [-0.4, -0.2) is 24.2 Å². The SMILES string of the molecule is CC1(C)C2OCCCC2C1(N)C(=O)NCc1ccc(Br)s1.Cl. The Hall–Kier alpha value is -0.140. The molecule has 1 aromatic rings. The van der Waals surface area contributed by atoms with Crippen molar-refractivity contribution in [3.05, 3.63) is 20.8 Å². The predicted molar refractivity (Wildman–Crippen MR) is 94.3 cm³/mol. The fraction of sp³-hybridized carbons (Fsp3) is 0.667. The lowest BCUT2D eigenvalue weighted by atomic mass is 9.46. The molecule has 3 rings (SSSR count). The molecule has 3 unspecified atom stereocenters. The van der Waals surface area contributed by atoms with Gasteiger partial charge in [0.15, 0.2) is 0 Å². The van der Waals surface area contributed by atoms with E-state index in [-0.39, 0.29) is 35.8 Å². The Labute approximate surface area is 149 Å². The second-order valence-corrected chi connectivity index (χ2v) is 9.07. The van der Waals surface area contributed by atoms with E-state index in [1.165, 1.54) is 0 Å². The number of nitrogens with two attached hydrogens (primary N) is 1. The van der Waals surface area contributed by atoms with Crippen LogP contribution in [0.1, 0.15) is 31.6 Å². The summed E-state index contributed by atoms with van der Waals surface area (Å²) in [6.45, 7) is 5.40. The number of hydrogen-bond acceptors (Lipinski definition) is 4. The Bertz CT molecular complexity index is 565. The molecule has 1 aliphatic heterocycles. The van der Waals surface area contributed by atoms with Crippen molar-refractivity contribution in [3.8, 4) is 0 Å². The van der Waals surface area contributed by atoms with Crippen molar-refractivity contribution in [2.45, 2.75) is 44.9 Å². The number of halogens is 2. The van der Waals surface area contributed by atoms with Gasteiger partial charge >= 0.3 is 0 Å². The minimum atomic E-state index is -0.827. The third-order valence-electron chi connectivity index (χ3n) is 5.11. The second kappa shape index (κ2) is 6.40. The molecule has 0 bridgehead atoms. The fourth-order valence-corrected chi connectivity index (χ4v) is 5.22. The van der Waals surface area contributed by atoms with Crippen LogP contribution in [-0.2, 0) is 16.1 Å². The molecule has 1 amide bonds. The van der Waals surface area contributed by atoms with E-state index in [2.05, 4.69) is 21.2 Å². The van der Waals surface area contributed by atoms with Crippen molar-refractivity contribution in [1.82, 2.24) is 5.32 Å². The number of amides is 1. The second-order valence-electron chi connectivity index (χ2n) is 6.52. The standard InChI is InChI=1S/C15H21BrN2O2S.ClH/c1-14(2)12-10(4-3-7-20-12)15(14,17)13(19)18-8-9-5-6-11(16)21-9;/h5-6,10,12H,3-4,7-8,17H2,1-2H3,(H,18,19);1H. The lowest BCUT2D eigenvalue weighted by molar-refractivity contribution is -0.225. The van der Waals surface area contributed by atoms with Gasteiger partial charge in [-0.15, -0.1) is 23.7 Å². The van der Waals surface area contributed by atoms with Crippen LogP contribution in [0.25, 0.3) is 0 Å². The first-order valence-electron chi connectivity index (χ1n) is 7.30. The van der Waals surface area contributed by atoms with Crippen LogP contribution in [0.5, 0.6) is 0 Å². The highest BCUT2D eigenvalue weighted by Gasteiger charge is 2.70. The first-order valence-corrected chi connectivity index (χ1v) is 8.91. The predicted octanol–water partition coefficient (Wildman–Crippen LogP) is 3.08. The zero-order chi connectivity index (χ0) is 15.3. The molecule has 7 heteroatoms. The van der Waals surface area contributed by atoms with E-state index >= 15 is 0 Å². The van der Waals surface area contributed by atoms with Crippen molar-refractivity contribution in [3.63, 3.8) is 0 Å². The molecule has 3 N–H and O–H groups in total. The quantitative estimate of drug-likeness (QED) is 0.806. The Kier molecular flexibility index (Phi) is 5.29. The summed E-state index contributed by atoms with van der Waals surface area (Å²) in [5.41, 5.74) is 5.40. The molecule has 1 saturated heterocycles. The molecular weight excluding hydrogens is 388 g/mol. The normalized spacial score (nSPS) is 32.4. The molecule has 0 radical (unpaired) electrons. The molecule has 2 heterocycles. The number of fused-ring (bicyclic) bond motifs is 1. The number of carbonyl (C=O) groups is 1. The van der Waals surface area contributed by atoms with Crippen LogP contribution in [0, 0.1) is 11.3 Å². The lowest BCUT2D eigenvalue weighted by Gasteiger charge is -2.65. The molecule has 3 atom stereocenters. The van der Waals surface area contributed by atoms with Crippen molar-refractivity contribution < 1.29 is 9.53 Å². The minimum Gasteiger partial charge on any atom is -0.377 e. The van der Waals surface area contributed by atoms with E-state index in [0.29, 0.717) is 6.54 Å². The number of thiophene rings is 1. The molecule has 0 aromatic carbocycles. The lowest BCUT2D eigenvalue weighted by Crippen LogP contribution is -2.82. The third kappa shape index (κ3) is 2.63. The number of ether oxygens (including phenoxy) is 1. The summed E-state index contributed by atoms with van der Waals surface area (Å²) in [4.78, 5) is 13.8. The van der Waals surface area contributed by atoms with Crippen LogP contribution in [0.4, 0.5) is 0 Å². The fourth-order valence-electron chi connectivity index (χ4n) is 3.80. The largest absolute Gasteiger partial charge is 0.377 e. The zero-order valence-electron chi connectivity index (χ0n) is 12.7. The maximum absolute atomic E-state index is 12.7. The molecule has 1 saturated carbocycles. The van der Waals surface area contributed by atoms with Gasteiger partial charge in [-0.2, -0.15) is 0 Å². The monoisotopic (exact) mass is 408 g/mol. The molecular formula is C15H22BrClN2O2S. The summed E-state index contributed by atoms with van der Waals surface area (Å²) in [5.74, 6) is 0.0834. The van der Waals surface area contributed by atoms with E-state index < -0.39 is 5.54 Å². The Morgan fingerprint density at radius 3 is 2.91 bits per heavy atom. The van der Waals surface area contributed by atoms with E-state index in [1.807, 2.05) is 26.0 Å². The molecule has 1 aliphatic carbocycles. The van der Waals surface area contributed by atoms with Gasteiger partial charge in [-0.1, -0.05) is 13.8 Å². The van der Waals surface area contributed by atoms with Gasteiger partial charge in [0.1, 0.15) is 5.54 Å². The van der Waals surface area contributed by atoms with E-state index in [4.69, 9.17) is 10.5 Å². The smallest absolute Gasteiger partial charge is 0.241 e. The molecule has 22 heavy (non-hydrogen) atoms. The minimum absolute atomic E-state index is 0. The first kappa shape index (κ1) is 18.2. The Morgan fingerprint density at radius 1 is 1.55 bits per heavy atom. The van der Waals surface area contributed by atoms with Crippen LogP contribution in [0.15, 0.2) is 15.9 Å². The Morgan fingerprint density at radius 2 is 2.27 bits per heavy atom. The molecule has 124 valence electrons. The Balaban J connectivity index is 0.00000176. The highest BCUT2D eigenvalue weighted by Crippen LogP contribution is 2.57. The summed E-state index contributed by atoms with van der Waals surface area (Å²) in [5, 5.41) is 3.01. The topological polar surface area (TPSA) is 64.3 Å². The average molecular weight is 410 g/mol. The van der Waals surface area contributed by atoms with Gasteiger partial charge in [-0.25, -0.2) is 0 Å². The van der Waals surface area contributed by atoms with Gasteiger partial charge in [0.25, 0.3) is 0 Å². The molecule has 2 aliphatic rings. The summed E-state index contributed by atoms with van der Waals surface area (Å²) in [6, 6.07) is 4.00. The van der Waals surface area contributed by atoms with Crippen LogP contribution < -0.4 is 11.1 Å². The summed E-state index contributed by atoms with van der Waals surface area (Å²) in [7, 11) is 0. The van der Waals surface area contributed by atoms with Gasteiger partial charge in [0.2, 0.25) is 5.91 Å². The molecule has 0 spiro atoms. The van der Waals surface area contributed by atoms with E-state index in [9.17, 15) is 4.79 Å². The van der Waals surface area contributed by atoms with Crippen LogP contribution in [0.2, 0.25) is 0 Å². The molecule has 4 nitrogen and oxygen atoms in total. The van der Waals surface area contributed by atoms with Gasteiger partial charge in [0, 0.05) is 22.8 Å². The van der Waals surface area contributed by atoms with E-state index in [1.54, 1.807) is 11.3 Å². The van der Waals surface area contributed by atoms with Gasteiger partial charge < -0.3 is 15.8 Å². The van der Waals surface area contributed by atoms with Crippen LogP contribution in [0.3, 0.4) is 0 Å². The van der Waals surface area contributed by atoms with Crippen molar-refractivity contribution >= 4 is 45.6 Å². The van der Waals surface area contributed by atoms with Crippen molar-refractivity contribution in [2.75, 3.05) is 6.61 Å². The summed E-state index contributed by atoms with van der Waals surface area (Å²) >= 11 is 5.06. The van der Waals surface area contributed by atoms with E-state index in [0.717, 1.165) is 28.1 Å². The number of rotatable bonds is 3. The van der Waals surface area contributed by atoms with Crippen LogP contribution >= 0.6 is 39.7 Å². The summed E-state index contributed by atoms with van der Waals surface area (Å²) < 4.78 is 6.91. The highest BCUT2D eigenvalue weighted by atomic mass is 79.9. The van der Waals surface area contributed by atoms with Gasteiger partial charge in [0.05, 0.1) is 16.4 Å². The van der Waals surface area contributed by atoms with Crippen molar-refractivity contribution in [2.24, 2.45) is 17.1 Å². The van der Waals surface area contributed by atoms with Gasteiger partial charge in [-0.3, -0.25) is 4.79 Å². The highest BCUT2D eigenvalue weighted by molar-refractivity contribution is 9.11. The number of hydrogen-bond donors (Lipinski definition) is 2. The molecule has 2 fully saturated rings. The first-order chi connectivity index (χ1) is 9.87.